The molecule has 1 aromatic heterocycles. The molecule has 0 aliphatic heterocycles. The third-order valence-corrected chi connectivity index (χ3v) is 6.41. The molecular formula is C20H24F3N3O3S. The van der Waals surface area contributed by atoms with E-state index >= 15 is 0 Å². The van der Waals surface area contributed by atoms with Gasteiger partial charge in [0.05, 0.1) is 10.6 Å². The first-order valence-corrected chi connectivity index (χ1v) is 11.6. The van der Waals surface area contributed by atoms with Gasteiger partial charge in [-0.25, -0.2) is 8.42 Å². The largest absolute Gasteiger partial charge is 0.420 e. The predicted octanol–water partition coefficient (Wildman–Crippen LogP) is 4.45. The second kappa shape index (κ2) is 8.41. The predicted molar refractivity (Wildman–Crippen MR) is 106 cm³/mol. The Bertz CT molecular complexity index is 1040. The highest BCUT2D eigenvalue weighted by Gasteiger charge is 2.41. The Hall–Kier alpha value is -2.36. The van der Waals surface area contributed by atoms with Gasteiger partial charge in [0.2, 0.25) is 0 Å². The van der Waals surface area contributed by atoms with Gasteiger partial charge in [-0.1, -0.05) is 25.3 Å². The van der Waals surface area contributed by atoms with Crippen LogP contribution < -0.4 is 5.32 Å². The van der Waals surface area contributed by atoms with Crippen LogP contribution in [0.3, 0.4) is 0 Å². The van der Waals surface area contributed by atoms with E-state index in [2.05, 4.69) is 10.4 Å². The molecule has 1 N–H and O–H groups in total. The van der Waals surface area contributed by atoms with Gasteiger partial charge in [0.1, 0.15) is 11.3 Å². The Morgan fingerprint density at radius 1 is 1.23 bits per heavy atom. The summed E-state index contributed by atoms with van der Waals surface area (Å²) in [6.45, 7) is 1.48. The van der Waals surface area contributed by atoms with E-state index in [4.69, 9.17) is 0 Å². The van der Waals surface area contributed by atoms with Crippen LogP contribution in [0.15, 0.2) is 29.2 Å². The summed E-state index contributed by atoms with van der Waals surface area (Å²) in [6.07, 6.45) is 1.17. The molecule has 0 spiro atoms. The quantitative estimate of drug-likeness (QED) is 0.741. The van der Waals surface area contributed by atoms with Crippen LogP contribution in [0.4, 0.5) is 18.9 Å². The van der Waals surface area contributed by atoms with E-state index in [1.165, 1.54) is 31.2 Å². The molecule has 3 rings (SSSR count). The third kappa shape index (κ3) is 5.03. The van der Waals surface area contributed by atoms with E-state index in [-0.39, 0.29) is 28.7 Å². The zero-order chi connectivity index (χ0) is 22.1. The fourth-order valence-electron chi connectivity index (χ4n) is 3.89. The monoisotopic (exact) mass is 443 g/mol. The number of nitrogens with zero attached hydrogens (tertiary/aromatic N) is 2. The third-order valence-electron chi connectivity index (χ3n) is 5.30. The van der Waals surface area contributed by atoms with Crippen LogP contribution in [-0.4, -0.2) is 30.4 Å². The van der Waals surface area contributed by atoms with Gasteiger partial charge in [0.15, 0.2) is 9.84 Å². The molecule has 0 bridgehead atoms. The molecule has 1 aliphatic rings. The summed E-state index contributed by atoms with van der Waals surface area (Å²) < 4.78 is 65.7. The molecule has 1 amide bonds. The summed E-state index contributed by atoms with van der Waals surface area (Å²) in [7, 11) is -3.53. The van der Waals surface area contributed by atoms with Gasteiger partial charge in [-0.3, -0.25) is 9.48 Å². The number of carbonyl (C=O) groups is 1. The Balaban J connectivity index is 1.97. The molecular weight excluding hydrogens is 419 g/mol. The highest BCUT2D eigenvalue weighted by molar-refractivity contribution is 7.90. The number of anilines is 1. The van der Waals surface area contributed by atoms with Crippen LogP contribution in [0.2, 0.25) is 0 Å². The summed E-state index contributed by atoms with van der Waals surface area (Å²) in [5.41, 5.74) is -1.77. The minimum atomic E-state index is -4.74. The lowest BCUT2D eigenvalue weighted by atomic mass is 9.89. The van der Waals surface area contributed by atoms with Gasteiger partial charge in [-0.05, 0) is 43.9 Å². The van der Waals surface area contributed by atoms with Gasteiger partial charge in [0.25, 0.3) is 5.91 Å². The minimum Gasteiger partial charge on any atom is -0.321 e. The molecule has 30 heavy (non-hydrogen) atoms. The highest BCUT2D eigenvalue weighted by atomic mass is 32.2. The Morgan fingerprint density at radius 3 is 2.50 bits per heavy atom. The Morgan fingerprint density at radius 2 is 1.90 bits per heavy atom. The SMILES string of the molecule is Cc1nn(CC2CCCCC2)c(C(=O)Nc2cccc(S(C)(=O)=O)c2)c1C(F)(F)F. The summed E-state index contributed by atoms with van der Waals surface area (Å²) >= 11 is 0. The molecule has 1 heterocycles. The maximum Gasteiger partial charge on any atom is 0.420 e. The summed E-state index contributed by atoms with van der Waals surface area (Å²) in [5.74, 6) is -0.802. The number of carbonyl (C=O) groups excluding carboxylic acids is 1. The second-order valence-corrected chi connectivity index (χ2v) is 9.76. The molecule has 6 nitrogen and oxygen atoms in total. The normalized spacial score (nSPS) is 15.9. The lowest BCUT2D eigenvalue weighted by Crippen LogP contribution is -2.25. The molecule has 0 radical (unpaired) electrons. The summed E-state index contributed by atoms with van der Waals surface area (Å²) in [6, 6.07) is 5.41. The zero-order valence-corrected chi connectivity index (χ0v) is 17.6. The van der Waals surface area contributed by atoms with E-state index in [0.717, 1.165) is 43.0 Å². The van der Waals surface area contributed by atoms with E-state index in [9.17, 15) is 26.4 Å². The van der Waals surface area contributed by atoms with Gasteiger partial charge >= 0.3 is 6.18 Å². The van der Waals surface area contributed by atoms with Crippen molar-refractivity contribution in [2.75, 3.05) is 11.6 Å². The molecule has 10 heteroatoms. The summed E-state index contributed by atoms with van der Waals surface area (Å²) in [5, 5.41) is 6.44. The number of hydrogen-bond donors (Lipinski definition) is 1. The average molecular weight is 443 g/mol. The first kappa shape index (κ1) is 22.3. The van der Waals surface area contributed by atoms with Crippen LogP contribution >= 0.6 is 0 Å². The molecule has 164 valence electrons. The smallest absolute Gasteiger partial charge is 0.321 e. The molecule has 2 aromatic rings. The molecule has 1 aliphatic carbocycles. The zero-order valence-electron chi connectivity index (χ0n) is 16.8. The number of nitrogens with one attached hydrogen (secondary N) is 1. The van der Waals surface area contributed by atoms with E-state index in [1.807, 2.05) is 0 Å². The van der Waals surface area contributed by atoms with Crippen LogP contribution in [0.25, 0.3) is 0 Å². The van der Waals surface area contributed by atoms with Crippen LogP contribution in [-0.2, 0) is 22.6 Å². The van der Waals surface area contributed by atoms with Crippen molar-refractivity contribution in [3.8, 4) is 0 Å². The maximum atomic E-state index is 13.7. The van der Waals surface area contributed by atoms with Gasteiger partial charge < -0.3 is 5.32 Å². The van der Waals surface area contributed by atoms with Crippen molar-refractivity contribution < 1.29 is 26.4 Å². The number of hydrogen-bond acceptors (Lipinski definition) is 4. The van der Waals surface area contributed by atoms with Crippen LogP contribution in [0, 0.1) is 12.8 Å². The number of sulfone groups is 1. The van der Waals surface area contributed by atoms with Gasteiger partial charge in [0, 0.05) is 18.5 Å². The first-order chi connectivity index (χ1) is 14.0. The molecule has 0 unspecified atom stereocenters. The Kier molecular flexibility index (Phi) is 6.26. The Labute approximate surface area is 173 Å². The highest BCUT2D eigenvalue weighted by Crippen LogP contribution is 2.36. The van der Waals surface area contributed by atoms with E-state index in [0.29, 0.717) is 0 Å². The van der Waals surface area contributed by atoms with Crippen LogP contribution in [0.5, 0.6) is 0 Å². The number of alkyl halides is 3. The van der Waals surface area contributed by atoms with Crippen molar-refractivity contribution >= 4 is 21.4 Å². The maximum absolute atomic E-state index is 13.7. The first-order valence-electron chi connectivity index (χ1n) is 9.73. The number of aryl methyl sites for hydroxylation is 1. The number of aromatic nitrogens is 2. The molecule has 1 aromatic carbocycles. The van der Waals surface area contributed by atoms with E-state index < -0.39 is 33.2 Å². The lowest BCUT2D eigenvalue weighted by Gasteiger charge is -2.22. The lowest BCUT2D eigenvalue weighted by molar-refractivity contribution is -0.138. The van der Waals surface area contributed by atoms with Gasteiger partial charge in [-0.2, -0.15) is 18.3 Å². The van der Waals surface area contributed by atoms with Crippen molar-refractivity contribution in [2.24, 2.45) is 5.92 Å². The standard InChI is InChI=1S/C20H24F3N3O3S/c1-13-17(20(21,22)23)18(26(25-13)12-14-7-4-3-5-8-14)19(27)24-15-9-6-10-16(11-15)30(2,28)29/h6,9-11,14H,3-5,7-8,12H2,1-2H3,(H,24,27). The number of amides is 1. The number of benzene rings is 1. The van der Waals surface area contributed by atoms with Crippen molar-refractivity contribution in [2.45, 2.75) is 56.6 Å². The van der Waals surface area contributed by atoms with Crippen molar-refractivity contribution in [3.63, 3.8) is 0 Å². The fraction of sp³-hybridized carbons (Fsp3) is 0.500. The second-order valence-electron chi connectivity index (χ2n) is 7.75. The van der Waals surface area contributed by atoms with Crippen molar-refractivity contribution in [1.29, 1.82) is 0 Å². The molecule has 1 fully saturated rings. The van der Waals surface area contributed by atoms with Gasteiger partial charge in [-0.15, -0.1) is 0 Å². The average Bonchev–Trinajstić information content (AvgIpc) is 2.98. The van der Waals surface area contributed by atoms with Crippen molar-refractivity contribution in [1.82, 2.24) is 9.78 Å². The minimum absolute atomic E-state index is 0.0387. The molecule has 0 saturated heterocycles. The molecule has 0 atom stereocenters. The summed E-state index contributed by atoms with van der Waals surface area (Å²) in [4.78, 5) is 12.9. The number of halogens is 3. The fourth-order valence-corrected chi connectivity index (χ4v) is 4.56. The molecule has 1 saturated carbocycles. The van der Waals surface area contributed by atoms with Crippen LogP contribution in [0.1, 0.15) is 53.8 Å². The topological polar surface area (TPSA) is 81.1 Å². The van der Waals surface area contributed by atoms with Crippen molar-refractivity contribution in [3.05, 3.63) is 41.2 Å². The van der Waals surface area contributed by atoms with E-state index in [1.54, 1.807) is 0 Å². The number of rotatable bonds is 5.